The maximum atomic E-state index is 14.0. The van der Waals surface area contributed by atoms with Crippen LogP contribution >= 0.6 is 7.60 Å². The second-order valence-electron chi connectivity index (χ2n) is 9.92. The Balaban J connectivity index is 1.63. The van der Waals surface area contributed by atoms with Gasteiger partial charge in [-0.2, -0.15) is 5.10 Å². The second kappa shape index (κ2) is 13.4. The molecule has 0 saturated carbocycles. The van der Waals surface area contributed by atoms with Crippen molar-refractivity contribution >= 4 is 34.3 Å². The molecule has 1 heterocycles. The third-order valence-corrected chi connectivity index (χ3v) is 10.3. The topological polar surface area (TPSA) is 152 Å². The van der Waals surface area contributed by atoms with Crippen molar-refractivity contribution in [3.8, 4) is 22.7 Å². The number of carbonyl (C=O) groups is 1. The lowest BCUT2D eigenvalue weighted by Crippen LogP contribution is -2.30. The monoisotopic (exact) mass is 648 g/mol. The van der Waals surface area contributed by atoms with Crippen molar-refractivity contribution in [3.63, 3.8) is 0 Å². The number of nitrogens with two attached hydrogens (primary N) is 1. The number of aromatic nitrogens is 2. The highest BCUT2D eigenvalue weighted by Gasteiger charge is 2.39. The van der Waals surface area contributed by atoms with Gasteiger partial charge in [0.05, 0.1) is 36.6 Å². The summed E-state index contributed by atoms with van der Waals surface area (Å²) in [5.74, 6) is -1.20. The van der Waals surface area contributed by atoms with Crippen LogP contribution in [0.15, 0.2) is 102 Å². The van der Waals surface area contributed by atoms with Crippen molar-refractivity contribution in [2.45, 2.75) is 24.5 Å². The van der Waals surface area contributed by atoms with E-state index < -0.39 is 29.3 Å². The van der Waals surface area contributed by atoms with Gasteiger partial charge in [0.2, 0.25) is 10.0 Å². The Kier molecular flexibility index (Phi) is 9.52. The zero-order valence-corrected chi connectivity index (χ0v) is 26.6. The summed E-state index contributed by atoms with van der Waals surface area (Å²) in [5.41, 5.74) is 2.36. The predicted octanol–water partition coefficient (Wildman–Crippen LogP) is 6.04. The van der Waals surface area contributed by atoms with Gasteiger partial charge in [0.25, 0.3) is 5.91 Å². The summed E-state index contributed by atoms with van der Waals surface area (Å²) in [7, 11) is -6.29. The molecule has 13 heteroatoms. The van der Waals surface area contributed by atoms with Gasteiger partial charge in [-0.25, -0.2) is 18.2 Å². The van der Waals surface area contributed by atoms with Crippen LogP contribution in [0.2, 0.25) is 0 Å². The number of hydrogen-bond donors (Lipinski definition) is 2. The summed E-state index contributed by atoms with van der Waals surface area (Å²) in [6.45, 7) is 3.57. The first kappa shape index (κ1) is 32.1. The highest BCUT2D eigenvalue weighted by atomic mass is 32.2. The molecule has 0 radical (unpaired) electrons. The standard InChI is InChI=1S/C32H33N4O7PS/c1-4-42-44(38,43-5-2)32(23-13-17-25(41-3)18-14-23)34-31(37)29-21-30(28-12-8-10-22-9-6-7-11-27(22)28)36(35-29)24-15-19-26(20-16-24)45(33,39)40/h6-21,32H,4-5H2,1-3H3,(H,34,37)(H2,33,39,40). The fourth-order valence-electron chi connectivity index (χ4n) is 4.98. The fourth-order valence-corrected chi connectivity index (χ4v) is 7.40. The predicted molar refractivity (Wildman–Crippen MR) is 172 cm³/mol. The van der Waals surface area contributed by atoms with Gasteiger partial charge in [-0.15, -0.1) is 0 Å². The molecule has 3 N–H and O–H groups in total. The van der Waals surface area contributed by atoms with E-state index in [4.69, 9.17) is 18.9 Å². The quantitative estimate of drug-likeness (QED) is 0.155. The van der Waals surface area contributed by atoms with Gasteiger partial charge in [-0.3, -0.25) is 9.36 Å². The van der Waals surface area contributed by atoms with Gasteiger partial charge in [-0.05, 0) is 72.6 Å². The molecule has 1 amide bonds. The Hall–Kier alpha value is -4.32. The lowest BCUT2D eigenvalue weighted by atomic mass is 10.0. The number of amides is 1. The number of sulfonamides is 1. The maximum Gasteiger partial charge on any atom is 0.357 e. The number of nitrogens with zero attached hydrogens (tertiary/aromatic N) is 2. The van der Waals surface area contributed by atoms with Crippen LogP contribution in [0.25, 0.3) is 27.7 Å². The van der Waals surface area contributed by atoms with E-state index in [9.17, 15) is 17.8 Å². The Labute approximate surface area is 261 Å². The number of benzene rings is 4. The molecule has 234 valence electrons. The molecule has 1 unspecified atom stereocenters. The Bertz CT molecular complexity index is 1960. The molecule has 45 heavy (non-hydrogen) atoms. The first-order chi connectivity index (χ1) is 21.6. The molecule has 0 bridgehead atoms. The first-order valence-corrected chi connectivity index (χ1v) is 17.3. The van der Waals surface area contributed by atoms with Crippen LogP contribution in [0.3, 0.4) is 0 Å². The van der Waals surface area contributed by atoms with Crippen LogP contribution in [0.1, 0.15) is 35.7 Å². The molecule has 0 aliphatic carbocycles. The zero-order chi connectivity index (χ0) is 32.2. The Morgan fingerprint density at radius 1 is 0.933 bits per heavy atom. The fraction of sp³-hybridized carbons (Fsp3) is 0.188. The van der Waals surface area contributed by atoms with Crippen LogP contribution in [0.4, 0.5) is 0 Å². The highest BCUT2D eigenvalue weighted by molar-refractivity contribution is 7.89. The van der Waals surface area contributed by atoms with Crippen molar-refractivity contribution in [3.05, 3.63) is 108 Å². The number of carbonyl (C=O) groups excluding carboxylic acids is 1. The lowest BCUT2D eigenvalue weighted by Gasteiger charge is -2.27. The smallest absolute Gasteiger partial charge is 0.357 e. The minimum atomic E-state index is -3.92. The van der Waals surface area contributed by atoms with Crippen molar-refractivity contribution in [2.75, 3.05) is 20.3 Å². The number of ether oxygens (including phenoxy) is 1. The Morgan fingerprint density at radius 2 is 1.58 bits per heavy atom. The average Bonchev–Trinajstić information content (AvgIpc) is 3.49. The number of nitrogens with one attached hydrogen (secondary N) is 1. The molecule has 5 rings (SSSR count). The third-order valence-electron chi connectivity index (χ3n) is 7.05. The summed E-state index contributed by atoms with van der Waals surface area (Å²) >= 11 is 0. The molecule has 0 spiro atoms. The average molecular weight is 649 g/mol. The maximum absolute atomic E-state index is 14.0. The zero-order valence-electron chi connectivity index (χ0n) is 24.9. The van der Waals surface area contributed by atoms with Crippen LogP contribution in [0, 0.1) is 0 Å². The molecule has 1 atom stereocenters. The van der Waals surface area contributed by atoms with E-state index in [1.165, 1.54) is 19.2 Å². The first-order valence-electron chi connectivity index (χ1n) is 14.1. The molecule has 0 aliphatic heterocycles. The molecule has 1 aromatic heterocycles. The van der Waals surface area contributed by atoms with Crippen LogP contribution < -0.4 is 15.2 Å². The van der Waals surface area contributed by atoms with E-state index in [0.29, 0.717) is 22.7 Å². The molecular weight excluding hydrogens is 615 g/mol. The molecular formula is C32H33N4O7PS. The summed E-state index contributed by atoms with van der Waals surface area (Å²) in [5, 5.41) is 14.7. The van der Waals surface area contributed by atoms with Crippen LogP contribution in [0.5, 0.6) is 5.75 Å². The summed E-state index contributed by atoms with van der Waals surface area (Å²) in [6.07, 6.45) is 0. The third kappa shape index (κ3) is 6.85. The molecule has 4 aromatic carbocycles. The van der Waals surface area contributed by atoms with Gasteiger partial charge in [0, 0.05) is 5.56 Å². The van der Waals surface area contributed by atoms with Crippen molar-refractivity contribution in [1.29, 1.82) is 0 Å². The largest absolute Gasteiger partial charge is 0.497 e. The molecule has 11 nitrogen and oxygen atoms in total. The molecule has 5 aromatic rings. The van der Waals surface area contributed by atoms with Gasteiger partial charge in [0.1, 0.15) is 5.75 Å². The highest BCUT2D eigenvalue weighted by Crippen LogP contribution is 2.59. The minimum Gasteiger partial charge on any atom is -0.497 e. The lowest BCUT2D eigenvalue weighted by molar-refractivity contribution is 0.0931. The minimum absolute atomic E-state index is 0.0199. The number of rotatable bonds is 12. The van der Waals surface area contributed by atoms with Gasteiger partial charge in [-0.1, -0.05) is 54.6 Å². The SMILES string of the molecule is CCOP(=O)(OCC)C(NC(=O)c1cc(-c2cccc3ccccc23)n(-c2ccc(S(N)(=O)=O)cc2)n1)c1ccc(OC)cc1. The van der Waals surface area contributed by atoms with Gasteiger partial charge < -0.3 is 19.1 Å². The van der Waals surface area contributed by atoms with E-state index in [1.807, 2.05) is 42.5 Å². The van der Waals surface area contributed by atoms with E-state index in [-0.39, 0.29) is 23.8 Å². The molecule has 0 fully saturated rings. The number of primary sulfonamides is 1. The number of hydrogen-bond acceptors (Lipinski definition) is 8. The van der Waals surface area contributed by atoms with E-state index in [1.54, 1.807) is 61.0 Å². The van der Waals surface area contributed by atoms with Gasteiger partial charge in [0.15, 0.2) is 11.5 Å². The summed E-state index contributed by atoms with van der Waals surface area (Å²) in [6, 6.07) is 27.8. The Morgan fingerprint density at radius 3 is 2.20 bits per heavy atom. The number of methoxy groups -OCH3 is 1. The second-order valence-corrected chi connectivity index (χ2v) is 13.6. The van der Waals surface area contributed by atoms with Crippen molar-refractivity contribution in [1.82, 2.24) is 15.1 Å². The van der Waals surface area contributed by atoms with Crippen LogP contribution in [-0.2, 0) is 23.6 Å². The summed E-state index contributed by atoms with van der Waals surface area (Å²) in [4.78, 5) is 13.9. The van der Waals surface area contributed by atoms with Crippen LogP contribution in [-0.4, -0.2) is 44.4 Å². The van der Waals surface area contributed by atoms with Crippen molar-refractivity contribution < 1.29 is 31.6 Å². The van der Waals surface area contributed by atoms with Crippen molar-refractivity contribution in [2.24, 2.45) is 5.14 Å². The van der Waals surface area contributed by atoms with E-state index in [0.717, 1.165) is 16.3 Å². The number of fused-ring (bicyclic) bond motifs is 1. The summed E-state index contributed by atoms with van der Waals surface area (Å²) < 4.78 is 55.9. The molecule has 0 aliphatic rings. The molecule has 0 saturated heterocycles. The van der Waals surface area contributed by atoms with E-state index in [2.05, 4.69) is 10.4 Å². The van der Waals surface area contributed by atoms with E-state index >= 15 is 0 Å². The van der Waals surface area contributed by atoms with Gasteiger partial charge >= 0.3 is 7.60 Å². The normalized spacial score (nSPS) is 12.6.